The Hall–Kier alpha value is -1.67. The first kappa shape index (κ1) is 11.8. The Labute approximate surface area is 105 Å². The molecule has 90 valence electrons. The van der Waals surface area contributed by atoms with Gasteiger partial charge in [0.25, 0.3) is 6.20 Å². The largest absolute Gasteiger partial charge is 0.357 e. The second-order valence-corrected chi connectivity index (χ2v) is 4.91. The Bertz CT molecular complexity index is 501. The van der Waals surface area contributed by atoms with Gasteiger partial charge in [0.15, 0.2) is 10.3 Å². The molecule has 2 heterocycles. The van der Waals surface area contributed by atoms with E-state index in [4.69, 9.17) is 11.6 Å². The minimum atomic E-state index is -0.604. The molecule has 0 aliphatic carbocycles. The fourth-order valence-corrected chi connectivity index (χ4v) is 2.36. The van der Waals surface area contributed by atoms with Crippen molar-refractivity contribution >= 4 is 28.8 Å². The van der Waals surface area contributed by atoms with Crippen LogP contribution in [0, 0.1) is 10.1 Å². The highest BCUT2D eigenvalue weighted by Gasteiger charge is 2.28. The summed E-state index contributed by atoms with van der Waals surface area (Å²) in [5.41, 5.74) is 0. The summed E-state index contributed by atoms with van der Waals surface area (Å²) in [6.45, 7) is 0.294. The van der Waals surface area contributed by atoms with Crippen LogP contribution in [0.4, 0.5) is 0 Å². The van der Waals surface area contributed by atoms with E-state index >= 15 is 0 Å². The molecular weight excluding hydrogens is 268 g/mol. The smallest absolute Gasteiger partial charge is 0.274 e. The van der Waals surface area contributed by atoms with Gasteiger partial charge < -0.3 is 5.32 Å². The number of aromatic nitrogens is 1. The number of amides is 1. The molecule has 1 fully saturated rings. The number of halogens is 1. The van der Waals surface area contributed by atoms with E-state index in [0.717, 1.165) is 11.1 Å². The lowest BCUT2D eigenvalue weighted by molar-refractivity contribution is -0.404. The first-order valence-corrected chi connectivity index (χ1v) is 5.75. The molecule has 0 unspecified atom stereocenters. The van der Waals surface area contributed by atoms with Crippen LogP contribution >= 0.6 is 22.9 Å². The van der Waals surface area contributed by atoms with E-state index in [1.54, 1.807) is 6.20 Å². The van der Waals surface area contributed by atoms with E-state index in [9.17, 15) is 14.9 Å². The van der Waals surface area contributed by atoms with Crippen molar-refractivity contribution < 1.29 is 9.72 Å². The maximum absolute atomic E-state index is 11.5. The second kappa shape index (κ2) is 4.68. The SMILES string of the molecule is O=C1CNC(=C[N+](=O)[O-])N1Cc1cnc(Cl)s1. The summed E-state index contributed by atoms with van der Waals surface area (Å²) in [4.78, 5) is 27.2. The lowest BCUT2D eigenvalue weighted by Gasteiger charge is -2.13. The maximum Gasteiger partial charge on any atom is 0.274 e. The normalized spacial score (nSPS) is 17.6. The first-order chi connectivity index (χ1) is 8.06. The number of hydrogen-bond donors (Lipinski definition) is 1. The second-order valence-electron chi connectivity index (χ2n) is 3.21. The summed E-state index contributed by atoms with van der Waals surface area (Å²) in [7, 11) is 0. The molecular formula is C8H7ClN4O3S. The first-order valence-electron chi connectivity index (χ1n) is 4.56. The van der Waals surface area contributed by atoms with Crippen molar-refractivity contribution in [1.82, 2.24) is 15.2 Å². The summed E-state index contributed by atoms with van der Waals surface area (Å²) >= 11 is 6.90. The number of carbonyl (C=O) groups is 1. The van der Waals surface area contributed by atoms with Crippen LogP contribution in [-0.2, 0) is 11.3 Å². The van der Waals surface area contributed by atoms with E-state index < -0.39 is 4.92 Å². The number of hydrogen-bond acceptors (Lipinski definition) is 6. The van der Waals surface area contributed by atoms with Gasteiger partial charge in [-0.15, -0.1) is 11.3 Å². The molecule has 0 aromatic carbocycles. The topological polar surface area (TPSA) is 88.4 Å². The van der Waals surface area contributed by atoms with Crippen molar-refractivity contribution in [3.63, 3.8) is 0 Å². The molecule has 0 bridgehead atoms. The molecule has 1 N–H and O–H groups in total. The molecule has 1 saturated heterocycles. The molecule has 7 nitrogen and oxygen atoms in total. The van der Waals surface area contributed by atoms with Crippen LogP contribution in [0.25, 0.3) is 0 Å². The lowest BCUT2D eigenvalue weighted by Crippen LogP contribution is -2.24. The predicted molar refractivity (Wildman–Crippen MR) is 60.8 cm³/mol. The number of carbonyl (C=O) groups excluding carboxylic acids is 1. The minimum Gasteiger partial charge on any atom is -0.357 e. The van der Waals surface area contributed by atoms with Crippen LogP contribution in [0.5, 0.6) is 0 Å². The van der Waals surface area contributed by atoms with Gasteiger partial charge in [0.2, 0.25) is 5.91 Å². The zero-order valence-corrected chi connectivity index (χ0v) is 9.99. The monoisotopic (exact) mass is 274 g/mol. The van der Waals surface area contributed by atoms with Crippen molar-refractivity contribution in [2.45, 2.75) is 6.54 Å². The van der Waals surface area contributed by atoms with Gasteiger partial charge in [-0.3, -0.25) is 19.8 Å². The zero-order valence-electron chi connectivity index (χ0n) is 8.42. The summed E-state index contributed by atoms with van der Waals surface area (Å²) in [5.74, 6) is -0.0351. The van der Waals surface area contributed by atoms with E-state index in [1.807, 2.05) is 0 Å². The average Bonchev–Trinajstić information content (AvgIpc) is 2.78. The Balaban J connectivity index is 2.17. The molecule has 1 aromatic heterocycles. The van der Waals surface area contributed by atoms with Gasteiger partial charge in [0, 0.05) is 11.1 Å². The molecule has 9 heteroatoms. The Kier molecular flexibility index (Phi) is 3.25. The molecule has 1 aliphatic heterocycles. The Morgan fingerprint density at radius 2 is 2.53 bits per heavy atom. The van der Waals surface area contributed by atoms with Gasteiger partial charge in [-0.1, -0.05) is 11.6 Å². The molecule has 17 heavy (non-hydrogen) atoms. The van der Waals surface area contributed by atoms with Crippen molar-refractivity contribution in [1.29, 1.82) is 0 Å². The summed E-state index contributed by atoms with van der Waals surface area (Å²) < 4.78 is 0.374. The number of nitro groups is 1. The van der Waals surface area contributed by atoms with Crippen LogP contribution in [0.1, 0.15) is 4.88 Å². The van der Waals surface area contributed by atoms with E-state index in [2.05, 4.69) is 10.3 Å². The van der Waals surface area contributed by atoms with Crippen LogP contribution < -0.4 is 5.32 Å². The Morgan fingerprint density at radius 1 is 1.76 bits per heavy atom. The van der Waals surface area contributed by atoms with Gasteiger partial charge in [-0.05, 0) is 0 Å². The highest BCUT2D eigenvalue weighted by molar-refractivity contribution is 7.15. The predicted octanol–water partition coefficient (Wildman–Crippen LogP) is 0.804. The van der Waals surface area contributed by atoms with Crippen molar-refractivity contribution in [2.24, 2.45) is 0 Å². The summed E-state index contributed by atoms with van der Waals surface area (Å²) in [5, 5.41) is 13.0. The van der Waals surface area contributed by atoms with Gasteiger partial charge in [-0.25, -0.2) is 4.98 Å². The van der Waals surface area contributed by atoms with Crippen LogP contribution in [0.2, 0.25) is 4.47 Å². The molecule has 0 saturated carbocycles. The average molecular weight is 275 g/mol. The van der Waals surface area contributed by atoms with Crippen LogP contribution in [0.15, 0.2) is 18.2 Å². The van der Waals surface area contributed by atoms with Crippen LogP contribution in [-0.4, -0.2) is 27.3 Å². The third kappa shape index (κ3) is 2.71. The molecule has 1 aliphatic rings. The zero-order chi connectivity index (χ0) is 12.4. The van der Waals surface area contributed by atoms with Gasteiger partial charge in [0.1, 0.15) is 0 Å². The van der Waals surface area contributed by atoms with Gasteiger partial charge >= 0.3 is 0 Å². The number of nitrogens with one attached hydrogen (secondary N) is 1. The lowest BCUT2D eigenvalue weighted by atomic mass is 10.4. The highest BCUT2D eigenvalue weighted by atomic mass is 35.5. The summed E-state index contributed by atoms with van der Waals surface area (Å²) in [6.07, 6.45) is 2.32. The quantitative estimate of drug-likeness (QED) is 0.651. The number of thiazole rings is 1. The van der Waals surface area contributed by atoms with E-state index in [-0.39, 0.29) is 24.8 Å². The molecule has 0 atom stereocenters. The Morgan fingerprint density at radius 3 is 3.12 bits per heavy atom. The van der Waals surface area contributed by atoms with Crippen molar-refractivity contribution in [2.75, 3.05) is 6.54 Å². The highest BCUT2D eigenvalue weighted by Crippen LogP contribution is 2.22. The van der Waals surface area contributed by atoms with E-state index in [1.165, 1.54) is 16.2 Å². The van der Waals surface area contributed by atoms with E-state index in [0.29, 0.717) is 4.47 Å². The standard InChI is InChI=1S/C8H7ClN4O3S/c9-8-11-1-5(17-8)3-12-6(4-13(15)16)10-2-7(12)14/h1,4,10H,2-3H2. The number of nitrogens with zero attached hydrogens (tertiary/aromatic N) is 3. The van der Waals surface area contributed by atoms with Crippen LogP contribution in [0.3, 0.4) is 0 Å². The summed E-state index contributed by atoms with van der Waals surface area (Å²) in [6, 6.07) is 0. The molecule has 0 spiro atoms. The third-order valence-corrected chi connectivity index (χ3v) is 3.18. The molecule has 1 amide bonds. The third-order valence-electron chi connectivity index (χ3n) is 2.08. The fourth-order valence-electron chi connectivity index (χ4n) is 1.39. The number of rotatable bonds is 3. The molecule has 2 rings (SSSR count). The fraction of sp³-hybridized carbons (Fsp3) is 0.250. The minimum absolute atomic E-state index is 0.0617. The molecule has 0 radical (unpaired) electrons. The van der Waals surface area contributed by atoms with Gasteiger partial charge in [-0.2, -0.15) is 0 Å². The maximum atomic E-state index is 11.5. The van der Waals surface area contributed by atoms with Gasteiger partial charge in [0.05, 0.1) is 18.0 Å². The van der Waals surface area contributed by atoms with Crippen molar-refractivity contribution in [3.8, 4) is 0 Å². The molecule has 1 aromatic rings. The van der Waals surface area contributed by atoms with Crippen molar-refractivity contribution in [3.05, 3.63) is 37.7 Å².